The van der Waals surface area contributed by atoms with E-state index in [-0.39, 0.29) is 11.4 Å². The molecule has 1 atom stereocenters. The van der Waals surface area contributed by atoms with E-state index in [2.05, 4.69) is 17.6 Å². The minimum absolute atomic E-state index is 0.236. The van der Waals surface area contributed by atoms with E-state index >= 15 is 0 Å². The summed E-state index contributed by atoms with van der Waals surface area (Å²) >= 11 is 0. The number of aliphatic carboxylic acids is 1. The number of carboxylic acids is 1. The van der Waals surface area contributed by atoms with E-state index in [0.29, 0.717) is 13.0 Å². The lowest BCUT2D eigenvalue weighted by Gasteiger charge is -2.16. The number of carbonyl (C=O) groups is 2. The van der Waals surface area contributed by atoms with Gasteiger partial charge in [0.2, 0.25) is 0 Å². The molecule has 0 bridgehead atoms. The summed E-state index contributed by atoms with van der Waals surface area (Å²) in [6.07, 6.45) is 4.47. The van der Waals surface area contributed by atoms with Gasteiger partial charge < -0.3 is 15.7 Å². The molecule has 1 aliphatic carbocycles. The van der Waals surface area contributed by atoms with E-state index in [1.807, 2.05) is 6.92 Å². The van der Waals surface area contributed by atoms with E-state index in [0.717, 1.165) is 25.7 Å². The van der Waals surface area contributed by atoms with Gasteiger partial charge in [-0.1, -0.05) is 26.7 Å². The lowest BCUT2D eigenvalue weighted by atomic mass is 10.1. The number of urea groups is 1. The second-order valence-electron chi connectivity index (χ2n) is 5.17. The van der Waals surface area contributed by atoms with Gasteiger partial charge in [-0.2, -0.15) is 0 Å². The first-order chi connectivity index (χ1) is 7.97. The van der Waals surface area contributed by atoms with Crippen LogP contribution in [0.1, 0.15) is 46.0 Å². The van der Waals surface area contributed by atoms with Crippen LogP contribution in [0.3, 0.4) is 0 Å². The smallest absolute Gasteiger partial charge is 0.326 e. The number of amides is 2. The third-order valence-electron chi connectivity index (χ3n) is 3.23. The van der Waals surface area contributed by atoms with Crippen LogP contribution in [0.25, 0.3) is 0 Å². The maximum atomic E-state index is 11.5. The van der Waals surface area contributed by atoms with Crippen LogP contribution in [0, 0.1) is 5.41 Å². The summed E-state index contributed by atoms with van der Waals surface area (Å²) in [5.41, 5.74) is 0.236. The minimum Gasteiger partial charge on any atom is -0.480 e. The van der Waals surface area contributed by atoms with E-state index in [9.17, 15) is 9.59 Å². The van der Waals surface area contributed by atoms with Crippen LogP contribution < -0.4 is 10.6 Å². The van der Waals surface area contributed by atoms with Crippen LogP contribution in [-0.2, 0) is 4.79 Å². The summed E-state index contributed by atoms with van der Waals surface area (Å²) < 4.78 is 0. The van der Waals surface area contributed by atoms with Crippen molar-refractivity contribution in [3.63, 3.8) is 0 Å². The van der Waals surface area contributed by atoms with Gasteiger partial charge in [-0.3, -0.25) is 0 Å². The van der Waals surface area contributed by atoms with E-state index < -0.39 is 12.0 Å². The highest BCUT2D eigenvalue weighted by atomic mass is 16.4. The van der Waals surface area contributed by atoms with Gasteiger partial charge in [0, 0.05) is 6.54 Å². The highest BCUT2D eigenvalue weighted by Crippen LogP contribution is 2.43. The van der Waals surface area contributed by atoms with Crippen molar-refractivity contribution in [2.75, 3.05) is 6.54 Å². The average molecular weight is 242 g/mol. The van der Waals surface area contributed by atoms with Crippen molar-refractivity contribution in [3.8, 4) is 0 Å². The molecule has 1 aliphatic rings. The fraction of sp³-hybridized carbons (Fsp3) is 0.833. The fourth-order valence-electron chi connectivity index (χ4n) is 1.56. The zero-order valence-electron chi connectivity index (χ0n) is 10.6. The first kappa shape index (κ1) is 13.8. The summed E-state index contributed by atoms with van der Waals surface area (Å²) in [7, 11) is 0. The van der Waals surface area contributed by atoms with Gasteiger partial charge in [0.15, 0.2) is 0 Å². The molecule has 0 aliphatic heterocycles. The van der Waals surface area contributed by atoms with Crippen LogP contribution in [0.15, 0.2) is 0 Å². The summed E-state index contributed by atoms with van der Waals surface area (Å²) in [4.78, 5) is 22.4. The summed E-state index contributed by atoms with van der Waals surface area (Å²) in [5, 5.41) is 14.2. The Bertz CT molecular complexity index is 287. The number of unbranched alkanes of at least 4 members (excludes halogenated alkanes) is 1. The predicted octanol–water partition coefficient (Wildman–Crippen LogP) is 1.73. The maximum Gasteiger partial charge on any atom is 0.326 e. The number of hydrogen-bond donors (Lipinski definition) is 3. The van der Waals surface area contributed by atoms with Crippen LogP contribution in [0.2, 0.25) is 0 Å². The standard InChI is InChI=1S/C12H22N2O3/c1-3-4-5-9(10(15)16)14-11(17)13-8-12(2)6-7-12/h9H,3-8H2,1-2H3,(H,15,16)(H2,13,14,17)/t9-/m0/s1. The number of nitrogens with one attached hydrogen (secondary N) is 2. The predicted molar refractivity (Wildman–Crippen MR) is 64.8 cm³/mol. The average Bonchev–Trinajstić information content (AvgIpc) is 3.00. The Morgan fingerprint density at radius 1 is 1.41 bits per heavy atom. The molecule has 1 rings (SSSR count). The molecule has 0 heterocycles. The molecule has 17 heavy (non-hydrogen) atoms. The van der Waals surface area contributed by atoms with Crippen LogP contribution in [0.4, 0.5) is 4.79 Å². The topological polar surface area (TPSA) is 78.4 Å². The molecule has 3 N–H and O–H groups in total. The number of carbonyl (C=O) groups excluding carboxylic acids is 1. The Hall–Kier alpha value is -1.26. The van der Waals surface area contributed by atoms with E-state index in [1.165, 1.54) is 0 Å². The number of carboxylic acid groups (broad SMARTS) is 1. The first-order valence-corrected chi connectivity index (χ1v) is 6.24. The van der Waals surface area contributed by atoms with Gasteiger partial charge >= 0.3 is 12.0 Å². The van der Waals surface area contributed by atoms with Crippen molar-refractivity contribution in [1.29, 1.82) is 0 Å². The van der Waals surface area contributed by atoms with Crippen molar-refractivity contribution in [2.24, 2.45) is 5.41 Å². The highest BCUT2D eigenvalue weighted by Gasteiger charge is 2.37. The molecule has 0 aromatic rings. The van der Waals surface area contributed by atoms with Crippen molar-refractivity contribution >= 4 is 12.0 Å². The SMILES string of the molecule is CCCC[C@H](NC(=O)NCC1(C)CC1)C(=O)O. The van der Waals surface area contributed by atoms with Gasteiger partial charge in [-0.05, 0) is 24.7 Å². The first-order valence-electron chi connectivity index (χ1n) is 6.24. The lowest BCUT2D eigenvalue weighted by Crippen LogP contribution is -2.47. The van der Waals surface area contributed by atoms with Gasteiger partial charge in [0.05, 0.1) is 0 Å². The van der Waals surface area contributed by atoms with Crippen molar-refractivity contribution < 1.29 is 14.7 Å². The number of rotatable bonds is 7. The zero-order chi connectivity index (χ0) is 12.9. The Kier molecular flexibility index (Phi) is 4.78. The van der Waals surface area contributed by atoms with Gasteiger partial charge in [-0.25, -0.2) is 9.59 Å². The molecule has 0 aromatic heterocycles. The minimum atomic E-state index is -0.966. The second-order valence-corrected chi connectivity index (χ2v) is 5.17. The Labute approximate surface area is 102 Å². The third-order valence-corrected chi connectivity index (χ3v) is 3.23. The summed E-state index contributed by atoms with van der Waals surface area (Å²) in [6, 6.07) is -1.15. The van der Waals surface area contributed by atoms with E-state index in [1.54, 1.807) is 0 Å². The quantitative estimate of drug-likeness (QED) is 0.636. The molecule has 0 aromatic carbocycles. The van der Waals surface area contributed by atoms with Crippen molar-refractivity contribution in [3.05, 3.63) is 0 Å². The van der Waals surface area contributed by atoms with E-state index in [4.69, 9.17) is 5.11 Å². The number of hydrogen-bond acceptors (Lipinski definition) is 2. The second kappa shape index (κ2) is 5.89. The monoisotopic (exact) mass is 242 g/mol. The normalized spacial score (nSPS) is 18.2. The molecule has 5 nitrogen and oxygen atoms in total. The van der Waals surface area contributed by atoms with Crippen LogP contribution in [0.5, 0.6) is 0 Å². The molecule has 0 saturated heterocycles. The van der Waals surface area contributed by atoms with Crippen LogP contribution in [-0.4, -0.2) is 29.7 Å². The molecular weight excluding hydrogens is 220 g/mol. The molecule has 98 valence electrons. The lowest BCUT2D eigenvalue weighted by molar-refractivity contribution is -0.139. The molecule has 5 heteroatoms. The van der Waals surface area contributed by atoms with Gasteiger partial charge in [0.25, 0.3) is 0 Å². The molecule has 1 fully saturated rings. The third kappa shape index (κ3) is 5.06. The summed E-state index contributed by atoms with van der Waals surface area (Å²) in [6.45, 7) is 4.73. The highest BCUT2D eigenvalue weighted by molar-refractivity contribution is 5.82. The molecule has 0 unspecified atom stereocenters. The molecule has 0 spiro atoms. The zero-order valence-corrected chi connectivity index (χ0v) is 10.6. The van der Waals surface area contributed by atoms with Crippen molar-refractivity contribution in [2.45, 2.75) is 52.0 Å². The maximum absolute atomic E-state index is 11.5. The van der Waals surface area contributed by atoms with Gasteiger partial charge in [0.1, 0.15) is 6.04 Å². The largest absolute Gasteiger partial charge is 0.480 e. The Morgan fingerprint density at radius 3 is 2.53 bits per heavy atom. The summed E-state index contributed by atoms with van der Waals surface area (Å²) in [5.74, 6) is -0.966. The fourth-order valence-corrected chi connectivity index (χ4v) is 1.56. The molecule has 0 radical (unpaired) electrons. The Balaban J connectivity index is 2.27. The molecule has 1 saturated carbocycles. The van der Waals surface area contributed by atoms with Gasteiger partial charge in [-0.15, -0.1) is 0 Å². The Morgan fingerprint density at radius 2 is 2.06 bits per heavy atom. The molecule has 2 amide bonds. The molecular formula is C12H22N2O3. The van der Waals surface area contributed by atoms with Crippen molar-refractivity contribution in [1.82, 2.24) is 10.6 Å². The van der Waals surface area contributed by atoms with Crippen LogP contribution >= 0.6 is 0 Å².